The number of aromatic nitrogens is 1. The van der Waals surface area contributed by atoms with Gasteiger partial charge in [-0.15, -0.1) is 0 Å². The van der Waals surface area contributed by atoms with Gasteiger partial charge >= 0.3 is 0 Å². The van der Waals surface area contributed by atoms with Crippen molar-refractivity contribution in [2.75, 3.05) is 12.3 Å². The first-order valence-electron chi connectivity index (χ1n) is 6.22. The summed E-state index contributed by atoms with van der Waals surface area (Å²) in [5.41, 5.74) is 7.58. The molecule has 0 unspecified atom stereocenters. The van der Waals surface area contributed by atoms with Gasteiger partial charge in [-0.3, -0.25) is 20.2 Å². The van der Waals surface area contributed by atoms with Gasteiger partial charge in [0.2, 0.25) is 6.54 Å². The Hall–Kier alpha value is -3.29. The molecule has 1 aromatic heterocycles. The van der Waals surface area contributed by atoms with Crippen LogP contribution in [-0.4, -0.2) is 21.4 Å². The molecule has 2 N–H and O–H groups in total. The van der Waals surface area contributed by atoms with Gasteiger partial charge in [0, 0.05) is 28.0 Å². The predicted molar refractivity (Wildman–Crippen MR) is 83.8 cm³/mol. The first kappa shape index (κ1) is 15.1. The van der Waals surface area contributed by atoms with E-state index in [9.17, 15) is 20.2 Å². The summed E-state index contributed by atoms with van der Waals surface area (Å²) in [5.74, 6) is 0. The highest BCUT2D eigenvalue weighted by Crippen LogP contribution is 2.30. The van der Waals surface area contributed by atoms with E-state index in [0.717, 1.165) is 0 Å². The number of nitro groups is 2. The average molecular weight is 300 g/mol. The molecule has 0 saturated carbocycles. The van der Waals surface area contributed by atoms with Gasteiger partial charge in [-0.05, 0) is 24.3 Å². The Labute approximate surface area is 124 Å². The molecule has 1 heterocycles. The molecule has 8 nitrogen and oxygen atoms in total. The molecule has 0 amide bonds. The maximum atomic E-state index is 10.8. The lowest BCUT2D eigenvalue weighted by Crippen LogP contribution is -2.00. The van der Waals surface area contributed by atoms with Crippen molar-refractivity contribution in [1.82, 2.24) is 4.98 Å². The Kier molecular flexibility index (Phi) is 4.12. The van der Waals surface area contributed by atoms with Crippen LogP contribution in [0.15, 0.2) is 30.9 Å². The van der Waals surface area contributed by atoms with Crippen LogP contribution in [0.1, 0.15) is 11.3 Å². The van der Waals surface area contributed by atoms with Gasteiger partial charge in [0.25, 0.3) is 5.69 Å². The van der Waals surface area contributed by atoms with Crippen molar-refractivity contribution >= 4 is 34.4 Å². The van der Waals surface area contributed by atoms with Crippen LogP contribution in [0.25, 0.3) is 23.1 Å². The van der Waals surface area contributed by atoms with Crippen molar-refractivity contribution < 1.29 is 9.85 Å². The van der Waals surface area contributed by atoms with Gasteiger partial charge in [0.05, 0.1) is 21.8 Å². The standard InChI is InChI=1S/C14H12N4O4/c1-2-12-10(4-3-7-17(19)20)14(15)11-6-5-9(18(21)22)8-13(11)16-12/h2-6,8H,1,7H2,(H2,15,16)/b4-3-. The molecule has 0 saturated heterocycles. The maximum Gasteiger partial charge on any atom is 0.271 e. The van der Waals surface area contributed by atoms with E-state index in [0.29, 0.717) is 27.8 Å². The largest absolute Gasteiger partial charge is 0.398 e. The third-order valence-electron chi connectivity index (χ3n) is 3.02. The van der Waals surface area contributed by atoms with Gasteiger partial charge in [0.1, 0.15) is 0 Å². The summed E-state index contributed by atoms with van der Waals surface area (Å²) in [4.78, 5) is 24.5. The van der Waals surface area contributed by atoms with E-state index in [1.807, 2.05) is 0 Å². The van der Waals surface area contributed by atoms with E-state index in [1.165, 1.54) is 36.4 Å². The van der Waals surface area contributed by atoms with E-state index >= 15 is 0 Å². The molecule has 112 valence electrons. The molecule has 0 radical (unpaired) electrons. The molecular weight excluding hydrogens is 288 g/mol. The molecule has 1 aromatic carbocycles. The Bertz CT molecular complexity index is 814. The molecular formula is C14H12N4O4. The number of non-ortho nitro benzene ring substituents is 1. The van der Waals surface area contributed by atoms with E-state index in [-0.39, 0.29) is 12.2 Å². The summed E-state index contributed by atoms with van der Waals surface area (Å²) in [7, 11) is 0. The van der Waals surface area contributed by atoms with E-state index in [4.69, 9.17) is 5.73 Å². The Morgan fingerprint density at radius 2 is 2.05 bits per heavy atom. The second-order valence-corrected chi connectivity index (χ2v) is 4.40. The smallest absolute Gasteiger partial charge is 0.271 e. The van der Waals surface area contributed by atoms with E-state index in [1.54, 1.807) is 0 Å². The number of nitrogens with two attached hydrogens (primary N) is 1. The van der Waals surface area contributed by atoms with Crippen LogP contribution in [0.3, 0.4) is 0 Å². The second-order valence-electron chi connectivity index (χ2n) is 4.40. The molecule has 0 aliphatic heterocycles. The van der Waals surface area contributed by atoms with E-state index in [2.05, 4.69) is 11.6 Å². The lowest BCUT2D eigenvalue weighted by atomic mass is 10.0. The third-order valence-corrected chi connectivity index (χ3v) is 3.02. The lowest BCUT2D eigenvalue weighted by Gasteiger charge is -2.09. The molecule has 2 rings (SSSR count). The number of nitrogen functional groups attached to an aromatic ring is 1. The molecule has 0 atom stereocenters. The molecule has 0 spiro atoms. The molecule has 22 heavy (non-hydrogen) atoms. The predicted octanol–water partition coefficient (Wildman–Crippen LogP) is 2.66. The summed E-state index contributed by atoms with van der Waals surface area (Å²) in [6.45, 7) is 3.28. The second kappa shape index (κ2) is 6.00. The minimum Gasteiger partial charge on any atom is -0.398 e. The highest BCUT2D eigenvalue weighted by atomic mass is 16.6. The minimum absolute atomic E-state index is 0.0916. The zero-order valence-corrected chi connectivity index (χ0v) is 11.4. The fourth-order valence-corrected chi connectivity index (χ4v) is 2.01. The topological polar surface area (TPSA) is 125 Å². The average Bonchev–Trinajstić information content (AvgIpc) is 2.48. The molecule has 8 heteroatoms. The number of nitro benzene ring substituents is 1. The Balaban J connectivity index is 2.62. The van der Waals surface area contributed by atoms with Crippen LogP contribution in [0.2, 0.25) is 0 Å². The van der Waals surface area contributed by atoms with Gasteiger partial charge in [-0.1, -0.05) is 6.58 Å². The number of benzene rings is 1. The summed E-state index contributed by atoms with van der Waals surface area (Å²) in [5, 5.41) is 21.7. The monoisotopic (exact) mass is 300 g/mol. The number of nitrogens with zero attached hydrogens (tertiary/aromatic N) is 3. The van der Waals surface area contributed by atoms with Crippen LogP contribution in [0, 0.1) is 20.2 Å². The van der Waals surface area contributed by atoms with Crippen molar-refractivity contribution in [2.24, 2.45) is 0 Å². The fourth-order valence-electron chi connectivity index (χ4n) is 2.01. The van der Waals surface area contributed by atoms with Crippen molar-refractivity contribution in [3.05, 3.63) is 62.3 Å². The third kappa shape index (κ3) is 2.90. The first-order valence-corrected chi connectivity index (χ1v) is 6.22. The number of fused-ring (bicyclic) bond motifs is 1. The van der Waals surface area contributed by atoms with Crippen LogP contribution >= 0.6 is 0 Å². The van der Waals surface area contributed by atoms with Gasteiger partial charge < -0.3 is 5.73 Å². The summed E-state index contributed by atoms with van der Waals surface area (Å²) >= 11 is 0. The number of rotatable bonds is 5. The molecule has 0 aliphatic carbocycles. The highest BCUT2D eigenvalue weighted by molar-refractivity contribution is 5.97. The van der Waals surface area contributed by atoms with Crippen molar-refractivity contribution in [1.29, 1.82) is 0 Å². The Morgan fingerprint density at radius 1 is 1.32 bits per heavy atom. The minimum atomic E-state index is -0.518. The zero-order chi connectivity index (χ0) is 16.3. The maximum absolute atomic E-state index is 10.8. The van der Waals surface area contributed by atoms with Crippen molar-refractivity contribution in [3.63, 3.8) is 0 Å². The van der Waals surface area contributed by atoms with Crippen molar-refractivity contribution in [3.8, 4) is 0 Å². The Morgan fingerprint density at radius 3 is 2.64 bits per heavy atom. The normalized spacial score (nSPS) is 10.9. The number of pyridine rings is 1. The summed E-state index contributed by atoms with van der Waals surface area (Å²) in [6, 6.07) is 4.16. The summed E-state index contributed by atoms with van der Waals surface area (Å²) < 4.78 is 0. The number of anilines is 1. The molecule has 0 bridgehead atoms. The first-order chi connectivity index (χ1) is 10.4. The number of hydrogen-bond acceptors (Lipinski definition) is 6. The molecule has 0 fully saturated rings. The van der Waals surface area contributed by atoms with Gasteiger partial charge in [-0.2, -0.15) is 0 Å². The van der Waals surface area contributed by atoms with Crippen molar-refractivity contribution in [2.45, 2.75) is 0 Å². The van der Waals surface area contributed by atoms with Gasteiger partial charge in [-0.25, -0.2) is 4.98 Å². The van der Waals surface area contributed by atoms with E-state index < -0.39 is 9.85 Å². The zero-order valence-electron chi connectivity index (χ0n) is 11.4. The molecule has 2 aromatic rings. The van der Waals surface area contributed by atoms with Crippen LogP contribution in [0.4, 0.5) is 11.4 Å². The lowest BCUT2D eigenvalue weighted by molar-refractivity contribution is -0.468. The van der Waals surface area contributed by atoms with Crippen LogP contribution < -0.4 is 5.73 Å². The summed E-state index contributed by atoms with van der Waals surface area (Å²) in [6.07, 6.45) is 4.31. The highest BCUT2D eigenvalue weighted by Gasteiger charge is 2.13. The quantitative estimate of drug-likeness (QED) is 0.668. The fraction of sp³-hybridized carbons (Fsp3) is 0.0714. The number of hydrogen-bond donors (Lipinski definition) is 1. The SMILES string of the molecule is C=Cc1nc2cc([N+](=O)[O-])ccc2c(N)c1/C=C\C[N+](=O)[O-]. The van der Waals surface area contributed by atoms with Gasteiger partial charge in [0.15, 0.2) is 0 Å². The van der Waals surface area contributed by atoms with Crippen LogP contribution in [-0.2, 0) is 0 Å². The molecule has 0 aliphatic rings. The van der Waals surface area contributed by atoms with Crippen LogP contribution in [0.5, 0.6) is 0 Å².